The van der Waals surface area contributed by atoms with E-state index in [9.17, 15) is 97.3 Å². The largest absolute Gasteiger partial charge is 0.431 e. The number of epoxide rings is 1. The van der Waals surface area contributed by atoms with Crippen LogP contribution in [-0.2, 0) is 4.74 Å². The lowest BCUT2D eigenvalue weighted by atomic mass is 10.0. The maximum atomic E-state index is 13.3. The van der Waals surface area contributed by atoms with E-state index in [0.29, 0.717) is 12.0 Å². The zero-order valence-electron chi connectivity index (χ0n) is 23.2. The number of thioether (sulfide) groups is 2. The van der Waals surface area contributed by atoms with Gasteiger partial charge in [0.2, 0.25) is 0 Å². The Morgan fingerprint density at radius 2 is 0.812 bits per heavy atom. The van der Waals surface area contributed by atoms with E-state index in [4.69, 9.17) is 16.3 Å². The van der Waals surface area contributed by atoms with Crippen molar-refractivity contribution in [2.45, 2.75) is 85.5 Å². The second-order valence-electron chi connectivity index (χ2n) is 9.28. The van der Waals surface area contributed by atoms with Crippen molar-refractivity contribution in [2.75, 3.05) is 41.3 Å². The maximum Gasteiger partial charge on any atom is 0.431 e. The first kappa shape index (κ1) is 49.9. The molecule has 1 atom stereocenters. The van der Waals surface area contributed by atoms with Crippen LogP contribution in [0.15, 0.2) is 0 Å². The van der Waals surface area contributed by atoms with Gasteiger partial charge in [0.25, 0.3) is 17.0 Å². The molecule has 27 heteroatoms. The Hall–Kier alpha value is -0.210. The molecule has 0 amide bonds. The molecule has 1 fully saturated rings. The predicted octanol–water partition coefficient (Wildman–Crippen LogP) is 10.0. The van der Waals surface area contributed by atoms with Crippen LogP contribution in [0, 0.1) is 0 Å². The normalized spacial score (nSPS) is 17.1. The molecule has 1 N–H and O–H groups in total. The van der Waals surface area contributed by atoms with Gasteiger partial charge >= 0.3 is 37.1 Å². The van der Waals surface area contributed by atoms with Crippen molar-refractivity contribution in [1.29, 1.82) is 0 Å². The molecule has 1 heterocycles. The van der Waals surface area contributed by atoms with Crippen LogP contribution in [0.2, 0.25) is 0 Å². The molecule has 1 rings (SSSR count). The van der Waals surface area contributed by atoms with E-state index < -0.39 is 108 Å². The van der Waals surface area contributed by atoms with Crippen LogP contribution < -0.4 is 0 Å². The molecule has 1 saturated heterocycles. The number of rotatable bonds is 13. The molecule has 0 aromatic heterocycles. The average Bonchev–Trinajstić information content (AvgIpc) is 3.70. The van der Waals surface area contributed by atoms with Crippen LogP contribution in [0.3, 0.4) is 0 Å². The first-order valence-corrected chi connectivity index (χ1v) is 15.7. The standard InChI is InChI=1S/C13H14F14OS2.C5H5F7S.C3H5ClO/c14-8(10(16,17)18,11(19,20)21)1-3-29-5-7(28)6-30-4-2-9(15,12(22,23)24)13(25,26)27;6-3(1-2-13,4(7,8)9)5(10,11)12;4-1-3-2-5-3/h7,28H,1-6H2;13H,1-2H2;3H,1-2H2. The fraction of sp³-hybridized carbons (Fsp3) is 1.00. The molecule has 0 aliphatic carbocycles. The Morgan fingerprint density at radius 3 is 0.958 bits per heavy atom. The fourth-order valence-electron chi connectivity index (χ4n) is 2.56. The SMILES string of the molecule is ClCC1CO1.FC(F)(F)C(F)(CCS)C(F)(F)F.OC(CSCCC(F)(C(F)(F)F)C(F)(F)F)CSCCC(F)(C(F)(F)F)C(F)(F)F. The molecule has 0 saturated carbocycles. The van der Waals surface area contributed by atoms with Gasteiger partial charge in [-0.2, -0.15) is 115 Å². The molecule has 2 nitrogen and oxygen atoms in total. The number of alkyl halides is 22. The summed E-state index contributed by atoms with van der Waals surface area (Å²) in [6, 6.07) is 0. The van der Waals surface area contributed by atoms with Gasteiger partial charge in [0.05, 0.1) is 24.7 Å². The van der Waals surface area contributed by atoms with Gasteiger partial charge in [0, 0.05) is 30.8 Å². The Balaban J connectivity index is 0. The quantitative estimate of drug-likeness (QED) is 0.0637. The van der Waals surface area contributed by atoms with Gasteiger partial charge in [-0.25, -0.2) is 13.2 Å². The molecular formula is C21H24ClF21O2S3. The maximum absolute atomic E-state index is 13.3. The van der Waals surface area contributed by atoms with E-state index in [0.717, 1.165) is 6.61 Å². The van der Waals surface area contributed by atoms with E-state index in [-0.39, 0.29) is 23.5 Å². The summed E-state index contributed by atoms with van der Waals surface area (Å²) in [6.45, 7) is 0.878. The van der Waals surface area contributed by atoms with Crippen molar-refractivity contribution in [3.05, 3.63) is 0 Å². The number of ether oxygens (including phenoxy) is 1. The van der Waals surface area contributed by atoms with Crippen molar-refractivity contribution >= 4 is 47.8 Å². The number of aliphatic hydroxyl groups excluding tert-OH is 1. The van der Waals surface area contributed by atoms with Gasteiger partial charge in [0.1, 0.15) is 0 Å². The van der Waals surface area contributed by atoms with Gasteiger partial charge in [0.15, 0.2) is 0 Å². The first-order valence-electron chi connectivity index (χ1n) is 12.2. The minimum absolute atomic E-state index is 0.255. The van der Waals surface area contributed by atoms with Crippen molar-refractivity contribution < 1.29 is 102 Å². The highest BCUT2D eigenvalue weighted by Crippen LogP contribution is 2.50. The number of halogens is 22. The second kappa shape index (κ2) is 18.5. The summed E-state index contributed by atoms with van der Waals surface area (Å²) >= 11 is 8.92. The molecule has 0 radical (unpaired) electrons. The van der Waals surface area contributed by atoms with E-state index in [1.807, 2.05) is 0 Å². The first-order chi connectivity index (χ1) is 21.1. The Labute approximate surface area is 276 Å². The van der Waals surface area contributed by atoms with E-state index in [1.54, 1.807) is 0 Å². The summed E-state index contributed by atoms with van der Waals surface area (Å²) in [6.07, 6.45) is -43.8. The molecule has 1 unspecified atom stereocenters. The van der Waals surface area contributed by atoms with Gasteiger partial charge in [-0.1, -0.05) is 0 Å². The number of hydrogen-bond donors (Lipinski definition) is 2. The Kier molecular flexibility index (Phi) is 19.2. The molecule has 292 valence electrons. The lowest BCUT2D eigenvalue weighted by molar-refractivity contribution is -0.342. The van der Waals surface area contributed by atoms with Crippen LogP contribution in [0.4, 0.5) is 92.2 Å². The monoisotopic (exact) mass is 838 g/mol. The Bertz CT molecular complexity index is 826. The van der Waals surface area contributed by atoms with Gasteiger partial charge in [-0.15, -0.1) is 11.6 Å². The van der Waals surface area contributed by atoms with E-state index in [1.165, 1.54) is 0 Å². The highest BCUT2D eigenvalue weighted by Gasteiger charge is 2.73. The van der Waals surface area contributed by atoms with Crippen molar-refractivity contribution in [3.8, 4) is 0 Å². The summed E-state index contributed by atoms with van der Waals surface area (Å²) in [7, 11) is 0. The molecule has 1 aliphatic heterocycles. The van der Waals surface area contributed by atoms with Gasteiger partial charge in [-0.3, -0.25) is 0 Å². The summed E-state index contributed by atoms with van der Waals surface area (Å²) < 4.78 is 262. The highest BCUT2D eigenvalue weighted by atomic mass is 35.5. The average molecular weight is 839 g/mol. The van der Waals surface area contributed by atoms with E-state index >= 15 is 0 Å². The lowest BCUT2D eigenvalue weighted by Gasteiger charge is -2.30. The molecule has 48 heavy (non-hydrogen) atoms. The van der Waals surface area contributed by atoms with E-state index in [2.05, 4.69) is 12.6 Å². The molecule has 0 bridgehead atoms. The summed E-state index contributed by atoms with van der Waals surface area (Å²) in [4.78, 5) is 0. The number of hydrogen-bond acceptors (Lipinski definition) is 5. The molecule has 1 aliphatic rings. The predicted molar refractivity (Wildman–Crippen MR) is 137 cm³/mol. The molecule has 0 aromatic rings. The zero-order valence-corrected chi connectivity index (χ0v) is 26.4. The fourth-order valence-corrected chi connectivity index (χ4v) is 5.16. The zero-order chi connectivity index (χ0) is 38.8. The second-order valence-corrected chi connectivity index (χ2v) is 12.3. The molecule has 0 aromatic carbocycles. The molecular weight excluding hydrogens is 815 g/mol. The van der Waals surface area contributed by atoms with Crippen LogP contribution in [0.1, 0.15) is 19.3 Å². The highest BCUT2D eigenvalue weighted by molar-refractivity contribution is 8.00. The van der Waals surface area contributed by atoms with Crippen LogP contribution in [0.5, 0.6) is 0 Å². The number of aliphatic hydroxyl groups is 1. The van der Waals surface area contributed by atoms with Crippen LogP contribution >= 0.6 is 47.8 Å². The smallest absolute Gasteiger partial charge is 0.391 e. The minimum atomic E-state index is -6.24. The minimum Gasteiger partial charge on any atom is -0.391 e. The van der Waals surface area contributed by atoms with Crippen LogP contribution in [-0.4, -0.2) is 113 Å². The third-order valence-electron chi connectivity index (χ3n) is 5.53. The lowest BCUT2D eigenvalue weighted by Crippen LogP contribution is -2.53. The van der Waals surface area contributed by atoms with Crippen molar-refractivity contribution in [1.82, 2.24) is 0 Å². The Morgan fingerprint density at radius 1 is 0.562 bits per heavy atom. The number of thiol groups is 1. The third kappa shape index (κ3) is 14.8. The topological polar surface area (TPSA) is 32.8 Å². The van der Waals surface area contributed by atoms with Gasteiger partial charge in [-0.05, 0) is 17.3 Å². The molecule has 0 spiro atoms. The summed E-state index contributed by atoms with van der Waals surface area (Å²) in [5, 5.41) is 9.43. The van der Waals surface area contributed by atoms with Gasteiger partial charge < -0.3 is 9.84 Å². The summed E-state index contributed by atoms with van der Waals surface area (Å²) in [5.74, 6) is -3.44. The van der Waals surface area contributed by atoms with Crippen LogP contribution in [0.25, 0.3) is 0 Å². The third-order valence-corrected chi connectivity index (χ3v) is 8.32. The van der Waals surface area contributed by atoms with Crippen molar-refractivity contribution in [3.63, 3.8) is 0 Å². The van der Waals surface area contributed by atoms with Crippen molar-refractivity contribution in [2.24, 2.45) is 0 Å². The summed E-state index contributed by atoms with van der Waals surface area (Å²) in [5.41, 5.74) is -16.1.